The molecule has 1 heterocycles. The molecule has 0 aromatic heterocycles. The number of hydrogen-bond acceptors (Lipinski definition) is 3. The fourth-order valence-corrected chi connectivity index (χ4v) is 2.70. The van der Waals surface area contributed by atoms with Gasteiger partial charge in [0.25, 0.3) is 0 Å². The molecule has 4 nitrogen and oxygen atoms in total. The molecule has 0 radical (unpaired) electrons. The lowest BCUT2D eigenvalue weighted by atomic mass is 10.1. The first-order valence-electron chi connectivity index (χ1n) is 7.75. The average Bonchev–Trinajstić information content (AvgIpc) is 2.60. The third kappa shape index (κ3) is 4.17. The highest BCUT2D eigenvalue weighted by molar-refractivity contribution is 9.10. The molecule has 0 aliphatic carbocycles. The standard InChI is InChI=1S/C19H18BrNO3/c1-13(15-4-6-16(20)7-5-15)21-19(22)9-3-14-2-8-17-18(12-14)24-11-10-23-17/h2-9,12-13H,10-11H2,1H3,(H,21,22)/b9-3+/t13-/m1/s1. The molecule has 1 amide bonds. The Morgan fingerprint density at radius 1 is 1.12 bits per heavy atom. The van der Waals surface area contributed by atoms with Crippen molar-refractivity contribution in [1.29, 1.82) is 0 Å². The van der Waals surface area contributed by atoms with Crippen molar-refractivity contribution in [3.8, 4) is 11.5 Å². The molecule has 5 heteroatoms. The topological polar surface area (TPSA) is 47.6 Å². The van der Waals surface area contributed by atoms with Crippen LogP contribution in [0.5, 0.6) is 11.5 Å². The molecule has 3 rings (SSSR count). The number of carbonyl (C=O) groups excluding carboxylic acids is 1. The van der Waals surface area contributed by atoms with Crippen molar-refractivity contribution < 1.29 is 14.3 Å². The maximum Gasteiger partial charge on any atom is 0.244 e. The van der Waals surface area contributed by atoms with Gasteiger partial charge in [0.15, 0.2) is 11.5 Å². The van der Waals surface area contributed by atoms with Crippen LogP contribution >= 0.6 is 15.9 Å². The van der Waals surface area contributed by atoms with Crippen LogP contribution in [-0.2, 0) is 4.79 Å². The largest absolute Gasteiger partial charge is 0.486 e. The van der Waals surface area contributed by atoms with Crippen molar-refractivity contribution in [2.75, 3.05) is 13.2 Å². The summed E-state index contributed by atoms with van der Waals surface area (Å²) in [6.07, 6.45) is 3.29. The van der Waals surface area contributed by atoms with Gasteiger partial charge in [0.2, 0.25) is 5.91 Å². The third-order valence-electron chi connectivity index (χ3n) is 3.72. The zero-order valence-corrected chi connectivity index (χ0v) is 14.9. The van der Waals surface area contributed by atoms with Gasteiger partial charge in [-0.05, 0) is 48.4 Å². The molecule has 0 fully saturated rings. The molecule has 1 atom stereocenters. The molecule has 0 saturated heterocycles. The summed E-state index contributed by atoms with van der Waals surface area (Å²) < 4.78 is 12.0. The Hall–Kier alpha value is -2.27. The molecule has 0 unspecified atom stereocenters. The number of fused-ring (bicyclic) bond motifs is 1. The van der Waals surface area contributed by atoms with Crippen molar-refractivity contribution in [1.82, 2.24) is 5.32 Å². The van der Waals surface area contributed by atoms with Crippen molar-refractivity contribution in [3.05, 3.63) is 64.1 Å². The van der Waals surface area contributed by atoms with E-state index in [0.29, 0.717) is 19.0 Å². The molecule has 24 heavy (non-hydrogen) atoms. The van der Waals surface area contributed by atoms with E-state index in [4.69, 9.17) is 9.47 Å². The zero-order valence-electron chi connectivity index (χ0n) is 13.3. The molecule has 1 aliphatic rings. The first kappa shape index (κ1) is 16.6. The molecular weight excluding hydrogens is 370 g/mol. The second kappa shape index (κ2) is 7.53. The lowest BCUT2D eigenvalue weighted by Gasteiger charge is -2.18. The van der Waals surface area contributed by atoms with E-state index in [1.807, 2.05) is 49.4 Å². The smallest absolute Gasteiger partial charge is 0.244 e. The fraction of sp³-hybridized carbons (Fsp3) is 0.211. The van der Waals surface area contributed by atoms with Crippen LogP contribution in [0.2, 0.25) is 0 Å². The number of carbonyl (C=O) groups is 1. The molecule has 0 saturated carbocycles. The highest BCUT2D eigenvalue weighted by Gasteiger charge is 2.11. The fourth-order valence-electron chi connectivity index (χ4n) is 2.43. The summed E-state index contributed by atoms with van der Waals surface area (Å²) in [5.74, 6) is 1.32. The molecule has 0 bridgehead atoms. The summed E-state index contributed by atoms with van der Waals surface area (Å²) in [4.78, 5) is 12.1. The summed E-state index contributed by atoms with van der Waals surface area (Å²) in [7, 11) is 0. The van der Waals surface area contributed by atoms with Crippen LogP contribution in [0, 0.1) is 0 Å². The molecule has 1 N–H and O–H groups in total. The summed E-state index contributed by atoms with van der Waals surface area (Å²) in [6.45, 7) is 3.07. The number of ether oxygens (including phenoxy) is 2. The predicted molar refractivity (Wildman–Crippen MR) is 97.2 cm³/mol. The summed E-state index contributed by atoms with van der Waals surface area (Å²) in [5.41, 5.74) is 1.95. The van der Waals surface area contributed by atoms with Gasteiger partial charge in [-0.3, -0.25) is 4.79 Å². The van der Waals surface area contributed by atoms with E-state index >= 15 is 0 Å². The first-order valence-corrected chi connectivity index (χ1v) is 8.55. The molecule has 124 valence electrons. The van der Waals surface area contributed by atoms with E-state index in [-0.39, 0.29) is 11.9 Å². The Labute approximate surface area is 149 Å². The van der Waals surface area contributed by atoms with Gasteiger partial charge in [-0.2, -0.15) is 0 Å². The highest BCUT2D eigenvalue weighted by Crippen LogP contribution is 2.31. The number of hydrogen-bond donors (Lipinski definition) is 1. The van der Waals surface area contributed by atoms with Crippen LogP contribution in [0.25, 0.3) is 6.08 Å². The number of benzene rings is 2. The molecule has 2 aromatic carbocycles. The average molecular weight is 388 g/mol. The Morgan fingerprint density at radius 2 is 1.83 bits per heavy atom. The maximum absolute atomic E-state index is 12.1. The van der Waals surface area contributed by atoms with E-state index in [9.17, 15) is 4.79 Å². The minimum absolute atomic E-state index is 0.0597. The Kier molecular flexibility index (Phi) is 5.20. The minimum atomic E-state index is -0.139. The van der Waals surface area contributed by atoms with Crippen LogP contribution in [0.3, 0.4) is 0 Å². The van der Waals surface area contributed by atoms with Crippen LogP contribution in [0.4, 0.5) is 0 Å². The van der Waals surface area contributed by atoms with E-state index in [2.05, 4.69) is 21.2 Å². The Bertz CT molecular complexity index is 756. The van der Waals surface area contributed by atoms with Crippen LogP contribution < -0.4 is 14.8 Å². The van der Waals surface area contributed by atoms with Crippen molar-refractivity contribution in [2.45, 2.75) is 13.0 Å². The van der Waals surface area contributed by atoms with E-state index in [0.717, 1.165) is 21.3 Å². The molecular formula is C19H18BrNO3. The third-order valence-corrected chi connectivity index (χ3v) is 4.25. The molecule has 1 aliphatic heterocycles. The number of amides is 1. The van der Waals surface area contributed by atoms with E-state index in [1.165, 1.54) is 6.08 Å². The van der Waals surface area contributed by atoms with E-state index < -0.39 is 0 Å². The van der Waals surface area contributed by atoms with Crippen LogP contribution in [0.15, 0.2) is 53.0 Å². The molecule has 2 aromatic rings. The first-order chi connectivity index (χ1) is 11.6. The predicted octanol–water partition coefficient (Wildman–Crippen LogP) is 4.11. The maximum atomic E-state index is 12.1. The summed E-state index contributed by atoms with van der Waals surface area (Å²) in [5, 5.41) is 2.95. The van der Waals surface area contributed by atoms with Gasteiger partial charge in [0, 0.05) is 10.5 Å². The van der Waals surface area contributed by atoms with Gasteiger partial charge >= 0.3 is 0 Å². The second-order valence-corrected chi connectivity index (χ2v) is 6.43. The van der Waals surface area contributed by atoms with Crippen molar-refractivity contribution in [3.63, 3.8) is 0 Å². The van der Waals surface area contributed by atoms with Gasteiger partial charge in [0.05, 0.1) is 6.04 Å². The van der Waals surface area contributed by atoms with Crippen LogP contribution in [-0.4, -0.2) is 19.1 Å². The number of nitrogens with one attached hydrogen (secondary N) is 1. The zero-order chi connectivity index (χ0) is 16.9. The SMILES string of the molecule is C[C@@H](NC(=O)/C=C/c1ccc2c(c1)OCCO2)c1ccc(Br)cc1. The summed E-state index contributed by atoms with van der Waals surface area (Å²) in [6, 6.07) is 13.5. The van der Waals surface area contributed by atoms with E-state index in [1.54, 1.807) is 6.08 Å². The van der Waals surface area contributed by atoms with Crippen LogP contribution in [0.1, 0.15) is 24.1 Å². The highest BCUT2D eigenvalue weighted by atomic mass is 79.9. The van der Waals surface area contributed by atoms with Crippen molar-refractivity contribution in [2.24, 2.45) is 0 Å². The lowest BCUT2D eigenvalue weighted by molar-refractivity contribution is -0.117. The van der Waals surface area contributed by atoms with Gasteiger partial charge in [-0.25, -0.2) is 0 Å². The van der Waals surface area contributed by atoms with Crippen molar-refractivity contribution >= 4 is 27.9 Å². The minimum Gasteiger partial charge on any atom is -0.486 e. The lowest BCUT2D eigenvalue weighted by Crippen LogP contribution is -2.24. The van der Waals surface area contributed by atoms with Gasteiger partial charge in [-0.15, -0.1) is 0 Å². The normalized spacial score (nSPS) is 14.4. The van der Waals surface area contributed by atoms with Gasteiger partial charge in [0.1, 0.15) is 13.2 Å². The molecule has 0 spiro atoms. The Morgan fingerprint density at radius 3 is 2.58 bits per heavy atom. The second-order valence-electron chi connectivity index (χ2n) is 5.52. The Balaban J connectivity index is 1.61. The quantitative estimate of drug-likeness (QED) is 0.802. The number of halogens is 1. The monoisotopic (exact) mass is 387 g/mol. The van der Waals surface area contributed by atoms with Gasteiger partial charge in [-0.1, -0.05) is 34.1 Å². The summed E-state index contributed by atoms with van der Waals surface area (Å²) >= 11 is 3.40. The van der Waals surface area contributed by atoms with Gasteiger partial charge < -0.3 is 14.8 Å². The number of rotatable bonds is 4.